The van der Waals surface area contributed by atoms with E-state index in [1.807, 2.05) is 29.7 Å². The van der Waals surface area contributed by atoms with Crippen LogP contribution >= 0.6 is 35.0 Å². The fraction of sp³-hybridized carbons (Fsp3) is 0.273. The van der Waals surface area contributed by atoms with Crippen LogP contribution in [0.3, 0.4) is 0 Å². The molecule has 0 radical (unpaired) electrons. The Morgan fingerprint density at radius 1 is 1.10 bits per heavy atom. The molecule has 0 spiro atoms. The summed E-state index contributed by atoms with van der Waals surface area (Å²) in [6.45, 7) is 3.98. The first kappa shape index (κ1) is 23.3. The molecule has 2 aromatic carbocycles. The first-order chi connectivity index (χ1) is 14.8. The number of aryl methyl sites for hydroxylation is 2. The monoisotopic (exact) mass is 476 g/mol. The fourth-order valence-corrected chi connectivity index (χ4v) is 4.06. The van der Waals surface area contributed by atoms with E-state index in [0.717, 1.165) is 17.1 Å². The topological polar surface area (TPSA) is 76.9 Å². The molecule has 0 aliphatic carbocycles. The molecule has 3 aromatic rings. The molecule has 0 atom stereocenters. The van der Waals surface area contributed by atoms with Gasteiger partial charge >= 0.3 is 0 Å². The third-order valence-corrected chi connectivity index (χ3v) is 6.15. The third kappa shape index (κ3) is 6.32. The highest BCUT2D eigenvalue weighted by Gasteiger charge is 2.17. The van der Waals surface area contributed by atoms with Crippen molar-refractivity contribution < 1.29 is 9.59 Å². The standard InChI is InChI=1S/C22H22Cl2N4O2S/c1-14-5-10-18(12-19(14)24)28-21(4-3-11-25-15(2)29)26-27-22(28)31-13-20(30)16-6-8-17(23)9-7-16/h5-10,12H,3-4,11,13H2,1-2H3,(H,25,29). The van der Waals surface area contributed by atoms with Crippen molar-refractivity contribution >= 4 is 46.7 Å². The van der Waals surface area contributed by atoms with Crippen molar-refractivity contribution in [1.29, 1.82) is 0 Å². The van der Waals surface area contributed by atoms with E-state index < -0.39 is 0 Å². The minimum atomic E-state index is -0.0660. The predicted molar refractivity (Wildman–Crippen MR) is 125 cm³/mol. The maximum Gasteiger partial charge on any atom is 0.216 e. The summed E-state index contributed by atoms with van der Waals surface area (Å²) in [5.74, 6) is 0.867. The van der Waals surface area contributed by atoms with E-state index in [-0.39, 0.29) is 17.4 Å². The van der Waals surface area contributed by atoms with Gasteiger partial charge in [0.25, 0.3) is 0 Å². The van der Waals surface area contributed by atoms with Gasteiger partial charge in [-0.1, -0.05) is 41.0 Å². The molecule has 6 nitrogen and oxygen atoms in total. The highest BCUT2D eigenvalue weighted by atomic mass is 35.5. The fourth-order valence-electron chi connectivity index (χ4n) is 2.90. The van der Waals surface area contributed by atoms with Crippen LogP contribution in [0, 0.1) is 6.92 Å². The number of amides is 1. The first-order valence-corrected chi connectivity index (χ1v) is 11.5. The van der Waals surface area contributed by atoms with Gasteiger partial charge in [0.2, 0.25) is 5.91 Å². The van der Waals surface area contributed by atoms with Gasteiger partial charge in [0, 0.05) is 35.5 Å². The smallest absolute Gasteiger partial charge is 0.216 e. The van der Waals surface area contributed by atoms with Crippen LogP contribution in [0.5, 0.6) is 0 Å². The Morgan fingerprint density at radius 3 is 2.52 bits per heavy atom. The minimum absolute atomic E-state index is 0.0228. The number of rotatable bonds is 9. The Labute approximate surface area is 195 Å². The summed E-state index contributed by atoms with van der Waals surface area (Å²) in [5, 5.41) is 13.3. The van der Waals surface area contributed by atoms with Crippen LogP contribution in [0.25, 0.3) is 5.69 Å². The Hall–Kier alpha value is -2.35. The van der Waals surface area contributed by atoms with Crippen LogP contribution in [0.1, 0.15) is 35.1 Å². The van der Waals surface area contributed by atoms with E-state index >= 15 is 0 Å². The summed E-state index contributed by atoms with van der Waals surface area (Å²) in [6, 6.07) is 12.6. The molecule has 0 fully saturated rings. The lowest BCUT2D eigenvalue weighted by molar-refractivity contribution is -0.118. The van der Waals surface area contributed by atoms with Crippen molar-refractivity contribution in [2.24, 2.45) is 0 Å². The maximum absolute atomic E-state index is 12.6. The second-order valence-electron chi connectivity index (χ2n) is 6.97. The summed E-state index contributed by atoms with van der Waals surface area (Å²) >= 11 is 13.6. The zero-order valence-electron chi connectivity index (χ0n) is 17.2. The molecule has 0 aliphatic heterocycles. The van der Waals surface area contributed by atoms with E-state index in [9.17, 15) is 9.59 Å². The van der Waals surface area contributed by atoms with Gasteiger partial charge in [0.05, 0.1) is 11.4 Å². The number of benzene rings is 2. The Morgan fingerprint density at radius 2 is 1.84 bits per heavy atom. The molecular weight excluding hydrogens is 455 g/mol. The highest BCUT2D eigenvalue weighted by Crippen LogP contribution is 2.27. The zero-order chi connectivity index (χ0) is 22.4. The van der Waals surface area contributed by atoms with E-state index in [0.29, 0.717) is 40.2 Å². The molecule has 3 rings (SSSR count). The quantitative estimate of drug-likeness (QED) is 0.269. The zero-order valence-corrected chi connectivity index (χ0v) is 19.5. The number of hydrogen-bond donors (Lipinski definition) is 1. The number of nitrogens with one attached hydrogen (secondary N) is 1. The van der Waals surface area contributed by atoms with Crippen LogP contribution in [0.15, 0.2) is 47.6 Å². The average molecular weight is 477 g/mol. The van der Waals surface area contributed by atoms with Crippen molar-refractivity contribution in [3.05, 3.63) is 69.5 Å². The number of carbonyl (C=O) groups excluding carboxylic acids is 2. The van der Waals surface area contributed by atoms with Gasteiger partial charge in [-0.25, -0.2) is 0 Å². The second kappa shape index (κ2) is 10.8. The molecule has 162 valence electrons. The van der Waals surface area contributed by atoms with Gasteiger partial charge in [-0.05, 0) is 55.3 Å². The number of ketones is 1. The molecule has 1 N–H and O–H groups in total. The van der Waals surface area contributed by atoms with Gasteiger partial charge in [0.15, 0.2) is 10.9 Å². The minimum Gasteiger partial charge on any atom is -0.356 e. The maximum atomic E-state index is 12.6. The van der Waals surface area contributed by atoms with Gasteiger partial charge in [-0.3, -0.25) is 14.2 Å². The number of halogens is 2. The lowest BCUT2D eigenvalue weighted by Crippen LogP contribution is -2.21. The molecule has 9 heteroatoms. The molecule has 1 heterocycles. The Balaban J connectivity index is 1.81. The second-order valence-corrected chi connectivity index (χ2v) is 8.76. The van der Waals surface area contributed by atoms with Crippen LogP contribution in [-0.2, 0) is 11.2 Å². The molecular formula is C22H22Cl2N4O2S. The SMILES string of the molecule is CC(=O)NCCCc1nnc(SCC(=O)c2ccc(Cl)cc2)n1-c1ccc(C)c(Cl)c1. The average Bonchev–Trinajstić information content (AvgIpc) is 3.14. The van der Waals surface area contributed by atoms with Gasteiger partial charge in [-0.2, -0.15) is 0 Å². The summed E-state index contributed by atoms with van der Waals surface area (Å²) in [5.41, 5.74) is 2.39. The summed E-state index contributed by atoms with van der Waals surface area (Å²) in [7, 11) is 0. The van der Waals surface area contributed by atoms with E-state index in [4.69, 9.17) is 23.2 Å². The molecule has 0 saturated carbocycles. The van der Waals surface area contributed by atoms with Crippen molar-refractivity contribution in [1.82, 2.24) is 20.1 Å². The summed E-state index contributed by atoms with van der Waals surface area (Å²) in [4.78, 5) is 23.7. The number of Topliss-reactive ketones (excluding diaryl/α,β-unsaturated/α-hetero) is 1. The molecule has 31 heavy (non-hydrogen) atoms. The number of nitrogens with zero attached hydrogens (tertiary/aromatic N) is 3. The highest BCUT2D eigenvalue weighted by molar-refractivity contribution is 7.99. The molecule has 0 unspecified atom stereocenters. The number of carbonyl (C=O) groups is 2. The third-order valence-electron chi connectivity index (χ3n) is 4.56. The lowest BCUT2D eigenvalue weighted by Gasteiger charge is -2.12. The summed E-state index contributed by atoms with van der Waals surface area (Å²) in [6.07, 6.45) is 1.33. The van der Waals surface area contributed by atoms with Crippen molar-refractivity contribution in [3.8, 4) is 5.69 Å². The normalized spacial score (nSPS) is 10.8. The number of aromatic nitrogens is 3. The Kier molecular flexibility index (Phi) is 8.12. The van der Waals surface area contributed by atoms with E-state index in [1.165, 1.54) is 18.7 Å². The van der Waals surface area contributed by atoms with Crippen molar-refractivity contribution in [3.63, 3.8) is 0 Å². The van der Waals surface area contributed by atoms with E-state index in [2.05, 4.69) is 15.5 Å². The molecule has 0 aliphatic rings. The largest absolute Gasteiger partial charge is 0.356 e. The van der Waals surface area contributed by atoms with Crippen LogP contribution in [0.4, 0.5) is 0 Å². The number of hydrogen-bond acceptors (Lipinski definition) is 5. The molecule has 1 amide bonds. The predicted octanol–water partition coefficient (Wildman–Crippen LogP) is 4.93. The van der Waals surface area contributed by atoms with Crippen LogP contribution in [0.2, 0.25) is 10.0 Å². The Bertz CT molecular complexity index is 1080. The molecule has 1 aromatic heterocycles. The van der Waals surface area contributed by atoms with Crippen molar-refractivity contribution in [2.45, 2.75) is 31.8 Å². The van der Waals surface area contributed by atoms with Crippen LogP contribution < -0.4 is 5.32 Å². The lowest BCUT2D eigenvalue weighted by atomic mass is 10.1. The molecule has 0 saturated heterocycles. The summed E-state index contributed by atoms with van der Waals surface area (Å²) < 4.78 is 1.92. The van der Waals surface area contributed by atoms with Gasteiger partial charge in [0.1, 0.15) is 5.82 Å². The number of thioether (sulfide) groups is 1. The molecule has 0 bridgehead atoms. The first-order valence-electron chi connectivity index (χ1n) is 9.72. The van der Waals surface area contributed by atoms with Crippen molar-refractivity contribution in [2.75, 3.05) is 12.3 Å². The van der Waals surface area contributed by atoms with Crippen LogP contribution in [-0.4, -0.2) is 38.8 Å². The van der Waals surface area contributed by atoms with E-state index in [1.54, 1.807) is 24.3 Å². The van der Waals surface area contributed by atoms with Gasteiger partial charge in [-0.15, -0.1) is 10.2 Å². The van der Waals surface area contributed by atoms with Gasteiger partial charge < -0.3 is 5.32 Å².